The van der Waals surface area contributed by atoms with Gasteiger partial charge in [0.15, 0.2) is 0 Å². The number of aryl methyl sites for hydroxylation is 1. The molecule has 1 aliphatic rings. The molecule has 0 aliphatic heterocycles. The Hall–Kier alpha value is -0.390. The van der Waals surface area contributed by atoms with Crippen LogP contribution in [0, 0.1) is 15.4 Å². The third-order valence-electron chi connectivity index (χ3n) is 4.70. The molecule has 1 aromatic heterocycles. The highest BCUT2D eigenvalue weighted by Gasteiger charge is 2.26. The third-order valence-corrected chi connectivity index (χ3v) is 5.83. The lowest BCUT2D eigenvalue weighted by Gasteiger charge is -2.30. The van der Waals surface area contributed by atoms with Crippen molar-refractivity contribution < 1.29 is 0 Å². The first-order valence-corrected chi connectivity index (χ1v) is 9.44. The molecule has 0 spiro atoms. The predicted molar refractivity (Wildman–Crippen MR) is 97.8 cm³/mol. The van der Waals surface area contributed by atoms with Crippen LogP contribution in [0.15, 0.2) is 0 Å². The number of hydrogen-bond donors (Lipinski definition) is 1. The van der Waals surface area contributed by atoms with Crippen molar-refractivity contribution in [2.45, 2.75) is 65.7 Å². The molecular weight excluding hydrogens is 373 g/mol. The lowest BCUT2D eigenvalue weighted by Crippen LogP contribution is -2.20. The maximum atomic E-state index is 4.87. The maximum absolute atomic E-state index is 4.87. The standard InChI is InChI=1S/C17H28IN3/c1-5-14-15(18)17(19-6-2)21-16(20-14)13-9-7-12(8-10-13)11(3)4/h11-13H,5-10H2,1-4H3,(H,19,20,21). The van der Waals surface area contributed by atoms with E-state index < -0.39 is 0 Å². The molecule has 21 heavy (non-hydrogen) atoms. The molecule has 0 amide bonds. The highest BCUT2D eigenvalue weighted by Crippen LogP contribution is 2.38. The Bertz CT molecular complexity index is 465. The number of rotatable bonds is 5. The summed E-state index contributed by atoms with van der Waals surface area (Å²) in [7, 11) is 0. The van der Waals surface area contributed by atoms with Crippen LogP contribution in [0.1, 0.15) is 70.8 Å². The minimum Gasteiger partial charge on any atom is -0.369 e. The molecule has 1 N–H and O–H groups in total. The highest BCUT2D eigenvalue weighted by molar-refractivity contribution is 14.1. The Labute approximate surface area is 142 Å². The van der Waals surface area contributed by atoms with Crippen molar-refractivity contribution in [1.29, 1.82) is 0 Å². The molecule has 1 fully saturated rings. The van der Waals surface area contributed by atoms with E-state index in [9.17, 15) is 0 Å². The summed E-state index contributed by atoms with van der Waals surface area (Å²) in [6.45, 7) is 9.92. The Morgan fingerprint density at radius 3 is 2.33 bits per heavy atom. The average molecular weight is 401 g/mol. The molecule has 1 heterocycles. The number of anilines is 1. The van der Waals surface area contributed by atoms with E-state index in [0.29, 0.717) is 5.92 Å². The first-order valence-electron chi connectivity index (χ1n) is 8.36. The summed E-state index contributed by atoms with van der Waals surface area (Å²) < 4.78 is 1.19. The second-order valence-corrected chi connectivity index (χ2v) is 7.51. The van der Waals surface area contributed by atoms with E-state index in [1.165, 1.54) is 34.9 Å². The Kier molecular flexibility index (Phi) is 6.26. The SMILES string of the molecule is CCNc1nc(C2CCC(C(C)C)CC2)nc(CC)c1I. The van der Waals surface area contributed by atoms with Gasteiger partial charge in [0.2, 0.25) is 0 Å². The quantitative estimate of drug-likeness (QED) is 0.706. The molecule has 0 radical (unpaired) electrons. The molecule has 1 saturated carbocycles. The number of aromatic nitrogens is 2. The van der Waals surface area contributed by atoms with Gasteiger partial charge in [0.25, 0.3) is 0 Å². The van der Waals surface area contributed by atoms with Crippen molar-refractivity contribution in [3.05, 3.63) is 15.1 Å². The minimum atomic E-state index is 0.555. The van der Waals surface area contributed by atoms with Crippen LogP contribution < -0.4 is 5.32 Å². The van der Waals surface area contributed by atoms with E-state index >= 15 is 0 Å². The van der Waals surface area contributed by atoms with E-state index in [1.54, 1.807) is 0 Å². The predicted octanol–water partition coefficient (Wildman–Crippen LogP) is 5.01. The van der Waals surface area contributed by atoms with Crippen LogP contribution in [0.25, 0.3) is 0 Å². The van der Waals surface area contributed by atoms with Gasteiger partial charge in [-0.1, -0.05) is 20.8 Å². The van der Waals surface area contributed by atoms with Crippen molar-refractivity contribution in [3.8, 4) is 0 Å². The number of nitrogens with one attached hydrogen (secondary N) is 1. The first kappa shape index (κ1) is 17.0. The molecule has 3 nitrogen and oxygen atoms in total. The molecule has 0 unspecified atom stereocenters. The zero-order valence-corrected chi connectivity index (χ0v) is 15.9. The summed E-state index contributed by atoms with van der Waals surface area (Å²) in [5.74, 6) is 4.37. The molecule has 1 aliphatic carbocycles. The first-order chi connectivity index (χ1) is 10.1. The van der Waals surface area contributed by atoms with Crippen molar-refractivity contribution >= 4 is 28.4 Å². The summed E-state index contributed by atoms with van der Waals surface area (Å²) in [6.07, 6.45) is 6.13. The number of hydrogen-bond acceptors (Lipinski definition) is 3. The van der Waals surface area contributed by atoms with Crippen LogP contribution in [-0.4, -0.2) is 16.5 Å². The maximum Gasteiger partial charge on any atom is 0.143 e. The van der Waals surface area contributed by atoms with Crippen LogP contribution in [0.2, 0.25) is 0 Å². The minimum absolute atomic E-state index is 0.555. The molecular formula is C17H28IN3. The fraction of sp³-hybridized carbons (Fsp3) is 0.765. The van der Waals surface area contributed by atoms with Gasteiger partial charge < -0.3 is 5.32 Å². The lowest BCUT2D eigenvalue weighted by molar-refractivity contribution is 0.254. The Morgan fingerprint density at radius 1 is 1.14 bits per heavy atom. The molecule has 2 rings (SSSR count). The second kappa shape index (κ2) is 7.75. The van der Waals surface area contributed by atoms with Crippen LogP contribution in [0.3, 0.4) is 0 Å². The number of nitrogens with zero attached hydrogens (tertiary/aromatic N) is 2. The summed E-state index contributed by atoms with van der Waals surface area (Å²) >= 11 is 2.38. The monoisotopic (exact) mass is 401 g/mol. The van der Waals surface area contributed by atoms with Crippen LogP contribution >= 0.6 is 22.6 Å². The van der Waals surface area contributed by atoms with Gasteiger partial charge in [-0.2, -0.15) is 0 Å². The van der Waals surface area contributed by atoms with E-state index in [4.69, 9.17) is 9.97 Å². The van der Waals surface area contributed by atoms with E-state index in [2.05, 4.69) is 55.6 Å². The zero-order valence-electron chi connectivity index (χ0n) is 13.7. The average Bonchev–Trinajstić information content (AvgIpc) is 2.49. The van der Waals surface area contributed by atoms with Gasteiger partial charge in [-0.25, -0.2) is 9.97 Å². The summed E-state index contributed by atoms with van der Waals surface area (Å²) in [5, 5.41) is 3.40. The van der Waals surface area contributed by atoms with Gasteiger partial charge in [0, 0.05) is 12.5 Å². The fourth-order valence-corrected chi connectivity index (χ4v) is 4.07. The van der Waals surface area contributed by atoms with Gasteiger partial charge >= 0.3 is 0 Å². The summed E-state index contributed by atoms with van der Waals surface area (Å²) in [4.78, 5) is 9.70. The van der Waals surface area contributed by atoms with E-state index in [1.807, 2.05) is 0 Å². The summed E-state index contributed by atoms with van der Waals surface area (Å²) in [5.41, 5.74) is 1.20. The fourth-order valence-electron chi connectivity index (χ4n) is 3.26. The molecule has 118 valence electrons. The molecule has 0 bridgehead atoms. The Balaban J connectivity index is 2.18. The van der Waals surface area contributed by atoms with Gasteiger partial charge in [-0.3, -0.25) is 0 Å². The summed E-state index contributed by atoms with van der Waals surface area (Å²) in [6, 6.07) is 0. The normalized spacial score (nSPS) is 22.6. The van der Waals surface area contributed by atoms with Gasteiger partial charge in [0.1, 0.15) is 11.6 Å². The smallest absolute Gasteiger partial charge is 0.143 e. The Morgan fingerprint density at radius 2 is 1.81 bits per heavy atom. The van der Waals surface area contributed by atoms with Crippen molar-refractivity contribution in [2.24, 2.45) is 11.8 Å². The van der Waals surface area contributed by atoms with E-state index in [-0.39, 0.29) is 0 Å². The van der Waals surface area contributed by atoms with Gasteiger partial charge in [-0.05, 0) is 73.5 Å². The number of halogens is 1. The molecule has 1 aromatic rings. The highest BCUT2D eigenvalue weighted by atomic mass is 127. The van der Waals surface area contributed by atoms with Crippen LogP contribution in [0.4, 0.5) is 5.82 Å². The lowest BCUT2D eigenvalue weighted by atomic mass is 9.76. The molecule has 0 saturated heterocycles. The van der Waals surface area contributed by atoms with Crippen LogP contribution in [0.5, 0.6) is 0 Å². The molecule has 4 heteroatoms. The van der Waals surface area contributed by atoms with Gasteiger partial charge in [-0.15, -0.1) is 0 Å². The van der Waals surface area contributed by atoms with Crippen molar-refractivity contribution in [1.82, 2.24) is 9.97 Å². The molecule has 0 atom stereocenters. The molecule has 0 aromatic carbocycles. The second-order valence-electron chi connectivity index (χ2n) is 6.43. The van der Waals surface area contributed by atoms with Gasteiger partial charge in [0.05, 0.1) is 9.26 Å². The topological polar surface area (TPSA) is 37.8 Å². The van der Waals surface area contributed by atoms with E-state index in [0.717, 1.165) is 36.4 Å². The van der Waals surface area contributed by atoms with Crippen LogP contribution in [-0.2, 0) is 6.42 Å². The largest absolute Gasteiger partial charge is 0.369 e. The van der Waals surface area contributed by atoms with Crippen molar-refractivity contribution in [2.75, 3.05) is 11.9 Å². The zero-order chi connectivity index (χ0) is 15.4. The third kappa shape index (κ3) is 4.08. The van der Waals surface area contributed by atoms with Crippen molar-refractivity contribution in [3.63, 3.8) is 0 Å².